The van der Waals surface area contributed by atoms with Crippen molar-refractivity contribution < 1.29 is 9.53 Å². The van der Waals surface area contributed by atoms with Crippen LogP contribution in [0.4, 0.5) is 0 Å². The number of H-pyrrole nitrogens is 1. The third-order valence-corrected chi connectivity index (χ3v) is 4.33. The number of ether oxygens (including phenoxy) is 1. The number of rotatable bonds is 5. The van der Waals surface area contributed by atoms with Crippen LogP contribution in [0, 0.1) is 4.77 Å². The van der Waals surface area contributed by atoms with E-state index in [9.17, 15) is 9.59 Å². The molecule has 122 valence electrons. The number of aromatic amines is 1. The summed E-state index contributed by atoms with van der Waals surface area (Å²) in [6.07, 6.45) is 2.35. The van der Waals surface area contributed by atoms with E-state index in [1.807, 2.05) is 12.1 Å². The van der Waals surface area contributed by atoms with Crippen molar-refractivity contribution in [2.75, 3.05) is 13.2 Å². The fourth-order valence-corrected chi connectivity index (χ4v) is 3.02. The van der Waals surface area contributed by atoms with Gasteiger partial charge in [0.1, 0.15) is 0 Å². The van der Waals surface area contributed by atoms with E-state index in [2.05, 4.69) is 10.3 Å². The summed E-state index contributed by atoms with van der Waals surface area (Å²) < 4.78 is 7.23. The molecule has 7 heteroatoms. The topological polar surface area (TPSA) is 76.1 Å². The largest absolute Gasteiger partial charge is 0.376 e. The zero-order valence-corrected chi connectivity index (χ0v) is 13.5. The Balaban J connectivity index is 1.65. The second-order valence-electron chi connectivity index (χ2n) is 5.62. The highest BCUT2D eigenvalue weighted by Crippen LogP contribution is 2.10. The number of fused-ring (bicyclic) bond motifs is 1. The predicted molar refractivity (Wildman–Crippen MR) is 90.0 cm³/mol. The molecule has 1 aromatic heterocycles. The summed E-state index contributed by atoms with van der Waals surface area (Å²) in [7, 11) is 0. The van der Waals surface area contributed by atoms with Gasteiger partial charge < -0.3 is 15.0 Å². The number of aromatic nitrogens is 2. The fourth-order valence-electron chi connectivity index (χ4n) is 2.74. The van der Waals surface area contributed by atoms with Crippen LogP contribution in [-0.2, 0) is 16.1 Å². The van der Waals surface area contributed by atoms with Crippen LogP contribution in [0.15, 0.2) is 29.1 Å². The second kappa shape index (κ2) is 7.06. The Morgan fingerprint density at radius 2 is 2.26 bits per heavy atom. The van der Waals surface area contributed by atoms with Crippen LogP contribution in [0.5, 0.6) is 0 Å². The number of carbonyl (C=O) groups is 1. The van der Waals surface area contributed by atoms with Gasteiger partial charge in [0.2, 0.25) is 5.91 Å². The lowest BCUT2D eigenvalue weighted by molar-refractivity contribution is -0.121. The zero-order chi connectivity index (χ0) is 16.2. The van der Waals surface area contributed by atoms with Crippen molar-refractivity contribution in [3.8, 4) is 0 Å². The van der Waals surface area contributed by atoms with E-state index in [-0.39, 0.29) is 30.5 Å². The van der Waals surface area contributed by atoms with Crippen molar-refractivity contribution in [3.63, 3.8) is 0 Å². The smallest absolute Gasteiger partial charge is 0.262 e. The molecular formula is C16H19N3O3S. The number of nitrogens with one attached hydrogen (secondary N) is 2. The molecule has 1 fully saturated rings. The SMILES string of the molecule is O=C(CCn1c(=S)[nH]c2ccccc2c1=O)NC[C@@H]1CCCO1. The molecule has 0 spiro atoms. The minimum absolute atomic E-state index is 0.102. The van der Waals surface area contributed by atoms with Gasteiger partial charge in [0.15, 0.2) is 4.77 Å². The van der Waals surface area contributed by atoms with Crippen LogP contribution < -0.4 is 10.9 Å². The maximum Gasteiger partial charge on any atom is 0.262 e. The molecule has 0 unspecified atom stereocenters. The van der Waals surface area contributed by atoms with Crippen molar-refractivity contribution in [3.05, 3.63) is 39.4 Å². The Morgan fingerprint density at radius 1 is 1.43 bits per heavy atom. The number of amides is 1. The minimum Gasteiger partial charge on any atom is -0.376 e. The number of para-hydroxylation sites is 1. The van der Waals surface area contributed by atoms with Gasteiger partial charge in [0.05, 0.1) is 17.0 Å². The molecular weight excluding hydrogens is 314 g/mol. The Hall–Kier alpha value is -1.99. The third-order valence-electron chi connectivity index (χ3n) is 4.00. The Morgan fingerprint density at radius 3 is 3.04 bits per heavy atom. The first kappa shape index (κ1) is 15.9. The molecule has 0 bridgehead atoms. The molecule has 0 saturated carbocycles. The summed E-state index contributed by atoms with van der Waals surface area (Å²) in [4.78, 5) is 27.4. The fraction of sp³-hybridized carbons (Fsp3) is 0.438. The molecule has 0 radical (unpaired) electrons. The van der Waals surface area contributed by atoms with Gasteiger partial charge in [-0.05, 0) is 37.2 Å². The lowest BCUT2D eigenvalue weighted by Gasteiger charge is -2.11. The molecule has 0 aliphatic carbocycles. The molecule has 23 heavy (non-hydrogen) atoms. The lowest BCUT2D eigenvalue weighted by Crippen LogP contribution is -2.33. The average Bonchev–Trinajstić information content (AvgIpc) is 3.06. The molecule has 1 aliphatic rings. The van der Waals surface area contributed by atoms with Crippen molar-refractivity contribution in [2.45, 2.75) is 31.9 Å². The first-order valence-corrected chi connectivity index (χ1v) is 8.16. The van der Waals surface area contributed by atoms with E-state index in [0.717, 1.165) is 19.4 Å². The molecule has 1 aromatic carbocycles. The summed E-state index contributed by atoms with van der Waals surface area (Å²) in [6.45, 7) is 1.55. The van der Waals surface area contributed by atoms with E-state index in [1.165, 1.54) is 4.57 Å². The molecule has 1 amide bonds. The Labute approximate surface area is 138 Å². The molecule has 2 N–H and O–H groups in total. The maximum absolute atomic E-state index is 12.5. The highest BCUT2D eigenvalue weighted by atomic mass is 32.1. The summed E-state index contributed by atoms with van der Waals surface area (Å²) in [6, 6.07) is 7.21. The summed E-state index contributed by atoms with van der Waals surface area (Å²) >= 11 is 5.23. The van der Waals surface area contributed by atoms with Crippen molar-refractivity contribution in [1.29, 1.82) is 0 Å². The zero-order valence-electron chi connectivity index (χ0n) is 12.7. The minimum atomic E-state index is -0.170. The molecule has 2 heterocycles. The Kier molecular flexibility index (Phi) is 4.88. The summed E-state index contributed by atoms with van der Waals surface area (Å²) in [5, 5.41) is 3.42. The lowest BCUT2D eigenvalue weighted by atomic mass is 10.2. The predicted octanol–water partition coefficient (Wildman–Crippen LogP) is 1.74. The van der Waals surface area contributed by atoms with Crippen LogP contribution in [0.2, 0.25) is 0 Å². The Bertz CT molecular complexity index is 821. The van der Waals surface area contributed by atoms with Crippen LogP contribution in [0.1, 0.15) is 19.3 Å². The molecule has 1 saturated heterocycles. The van der Waals surface area contributed by atoms with E-state index >= 15 is 0 Å². The van der Waals surface area contributed by atoms with Crippen LogP contribution in [-0.4, -0.2) is 34.7 Å². The van der Waals surface area contributed by atoms with Crippen molar-refractivity contribution in [2.24, 2.45) is 0 Å². The molecule has 6 nitrogen and oxygen atoms in total. The standard InChI is InChI=1S/C16H19N3O3S/c20-14(17-10-11-4-3-9-22-11)7-8-19-15(21)12-5-1-2-6-13(12)18-16(19)23/h1-2,5-6,11H,3-4,7-10H2,(H,17,20)(H,18,23)/t11-/m0/s1. The summed E-state index contributed by atoms with van der Waals surface area (Å²) in [5.74, 6) is -0.102. The third kappa shape index (κ3) is 3.68. The average molecular weight is 333 g/mol. The molecule has 3 rings (SSSR count). The van der Waals surface area contributed by atoms with Gasteiger partial charge in [-0.3, -0.25) is 14.2 Å². The van der Waals surface area contributed by atoms with Crippen LogP contribution in [0.3, 0.4) is 0 Å². The van der Waals surface area contributed by atoms with E-state index in [1.54, 1.807) is 12.1 Å². The maximum atomic E-state index is 12.5. The molecule has 1 aliphatic heterocycles. The second-order valence-corrected chi connectivity index (χ2v) is 6.01. The number of hydrogen-bond acceptors (Lipinski definition) is 4. The summed E-state index contributed by atoms with van der Waals surface area (Å²) in [5.41, 5.74) is 0.540. The van der Waals surface area contributed by atoms with E-state index in [4.69, 9.17) is 17.0 Å². The van der Waals surface area contributed by atoms with Gasteiger partial charge >= 0.3 is 0 Å². The normalized spacial score (nSPS) is 17.5. The number of benzene rings is 1. The van der Waals surface area contributed by atoms with Crippen molar-refractivity contribution in [1.82, 2.24) is 14.9 Å². The van der Waals surface area contributed by atoms with Gasteiger partial charge in [0.25, 0.3) is 5.56 Å². The molecule has 2 aromatic rings. The highest BCUT2D eigenvalue weighted by molar-refractivity contribution is 7.71. The number of carbonyl (C=O) groups excluding carboxylic acids is 1. The van der Waals surface area contributed by atoms with Gasteiger partial charge in [-0.2, -0.15) is 0 Å². The van der Waals surface area contributed by atoms with Crippen LogP contribution in [0.25, 0.3) is 10.9 Å². The van der Waals surface area contributed by atoms with E-state index in [0.29, 0.717) is 22.2 Å². The first-order valence-electron chi connectivity index (χ1n) is 7.75. The van der Waals surface area contributed by atoms with Gasteiger partial charge in [0, 0.05) is 26.1 Å². The van der Waals surface area contributed by atoms with E-state index < -0.39 is 0 Å². The quantitative estimate of drug-likeness (QED) is 0.817. The van der Waals surface area contributed by atoms with Gasteiger partial charge in [-0.15, -0.1) is 0 Å². The number of hydrogen-bond donors (Lipinski definition) is 2. The monoisotopic (exact) mass is 333 g/mol. The molecule has 1 atom stereocenters. The number of nitrogens with zero attached hydrogens (tertiary/aromatic N) is 1. The first-order chi connectivity index (χ1) is 11.1. The van der Waals surface area contributed by atoms with Crippen LogP contribution >= 0.6 is 12.2 Å². The van der Waals surface area contributed by atoms with Gasteiger partial charge in [-0.1, -0.05) is 12.1 Å². The van der Waals surface area contributed by atoms with Gasteiger partial charge in [-0.25, -0.2) is 0 Å². The van der Waals surface area contributed by atoms with Crippen molar-refractivity contribution >= 4 is 29.0 Å². The highest BCUT2D eigenvalue weighted by Gasteiger charge is 2.16.